The van der Waals surface area contributed by atoms with E-state index in [-0.39, 0.29) is 11.9 Å². The highest BCUT2D eigenvalue weighted by Gasteiger charge is 2.12. The maximum Gasteiger partial charge on any atom is 0.227 e. The van der Waals surface area contributed by atoms with Crippen molar-refractivity contribution in [1.29, 1.82) is 0 Å². The fourth-order valence-corrected chi connectivity index (χ4v) is 2.66. The third-order valence-electron chi connectivity index (χ3n) is 3.91. The molecule has 1 atom stereocenters. The number of aryl methyl sites for hydroxylation is 1. The fraction of sp³-hybridized carbons (Fsp3) is 0.368. The monoisotopic (exact) mass is 369 g/mol. The number of benzene rings is 1. The molecule has 8 heteroatoms. The number of nitrogens with zero attached hydrogens (tertiary/aromatic N) is 4. The lowest BCUT2D eigenvalue weighted by molar-refractivity contribution is -0.121. The average Bonchev–Trinajstić information content (AvgIpc) is 3.33. The minimum Gasteiger partial charge on any atom is -0.494 e. The molecule has 3 aromatic rings. The quantitative estimate of drug-likeness (QED) is 0.623. The Hall–Kier alpha value is -3.16. The molecule has 1 aromatic carbocycles. The molecule has 0 aliphatic rings. The van der Waals surface area contributed by atoms with Gasteiger partial charge in [0.1, 0.15) is 5.75 Å². The third kappa shape index (κ3) is 5.40. The van der Waals surface area contributed by atoms with Gasteiger partial charge in [0, 0.05) is 43.4 Å². The maximum atomic E-state index is 12.1. The van der Waals surface area contributed by atoms with Gasteiger partial charge in [0.05, 0.1) is 12.9 Å². The average molecular weight is 369 g/mol. The van der Waals surface area contributed by atoms with Crippen molar-refractivity contribution in [3.05, 3.63) is 48.9 Å². The summed E-state index contributed by atoms with van der Waals surface area (Å²) in [5, 5.41) is 6.94. The molecule has 27 heavy (non-hydrogen) atoms. The van der Waals surface area contributed by atoms with Gasteiger partial charge in [-0.05, 0) is 38.1 Å². The lowest BCUT2D eigenvalue weighted by atomic mass is 10.2. The summed E-state index contributed by atoms with van der Waals surface area (Å²) in [7, 11) is 0. The minimum absolute atomic E-state index is 0.00815. The molecule has 1 amide bonds. The van der Waals surface area contributed by atoms with Crippen LogP contribution in [0.15, 0.2) is 47.5 Å². The van der Waals surface area contributed by atoms with E-state index in [1.807, 2.05) is 48.9 Å². The number of rotatable bonds is 9. The number of aromatic nitrogens is 4. The highest BCUT2D eigenvalue weighted by Crippen LogP contribution is 2.20. The maximum absolute atomic E-state index is 12.1. The van der Waals surface area contributed by atoms with E-state index in [0.29, 0.717) is 37.7 Å². The lowest BCUT2D eigenvalue weighted by Gasteiger charge is -2.13. The second-order valence-electron chi connectivity index (χ2n) is 6.20. The van der Waals surface area contributed by atoms with Crippen molar-refractivity contribution in [3.8, 4) is 17.1 Å². The SMILES string of the molecule is CCOc1ccc(-c2noc(CCC(=O)NC(C)Cn3ccnc3)n2)cc1. The van der Waals surface area contributed by atoms with E-state index in [9.17, 15) is 4.79 Å². The van der Waals surface area contributed by atoms with E-state index in [1.165, 1.54) is 0 Å². The van der Waals surface area contributed by atoms with E-state index in [4.69, 9.17) is 9.26 Å². The number of amides is 1. The number of nitrogens with one attached hydrogen (secondary N) is 1. The standard InChI is InChI=1S/C19H23N5O3/c1-3-26-16-6-4-15(5-7-16)19-22-18(27-23-19)9-8-17(25)21-14(2)12-24-11-10-20-13-24/h4-7,10-11,13-14H,3,8-9,12H2,1-2H3,(H,21,25). The van der Waals surface area contributed by atoms with Crippen LogP contribution < -0.4 is 10.1 Å². The molecule has 2 heterocycles. The molecule has 0 fully saturated rings. The summed E-state index contributed by atoms with van der Waals surface area (Å²) >= 11 is 0. The second kappa shape index (κ2) is 8.98. The predicted octanol–water partition coefficient (Wildman–Crippen LogP) is 2.47. The molecule has 0 aliphatic carbocycles. The Morgan fingerprint density at radius 1 is 1.33 bits per heavy atom. The molecule has 2 aromatic heterocycles. The number of imidazole rings is 1. The number of carbonyl (C=O) groups excluding carboxylic acids is 1. The third-order valence-corrected chi connectivity index (χ3v) is 3.91. The van der Waals surface area contributed by atoms with E-state index >= 15 is 0 Å². The van der Waals surface area contributed by atoms with Crippen LogP contribution in [0.3, 0.4) is 0 Å². The molecule has 8 nitrogen and oxygen atoms in total. The first-order chi connectivity index (χ1) is 13.1. The molecule has 0 radical (unpaired) electrons. The van der Waals surface area contributed by atoms with Gasteiger partial charge in [0.15, 0.2) is 0 Å². The first-order valence-corrected chi connectivity index (χ1v) is 8.95. The van der Waals surface area contributed by atoms with Crippen LogP contribution in [0, 0.1) is 0 Å². The van der Waals surface area contributed by atoms with E-state index in [2.05, 4.69) is 20.4 Å². The van der Waals surface area contributed by atoms with Gasteiger partial charge in [-0.25, -0.2) is 4.98 Å². The van der Waals surface area contributed by atoms with Crippen LogP contribution in [-0.4, -0.2) is 38.2 Å². The summed E-state index contributed by atoms with van der Waals surface area (Å²) in [6.07, 6.45) is 5.99. The van der Waals surface area contributed by atoms with Gasteiger partial charge in [0.2, 0.25) is 17.6 Å². The van der Waals surface area contributed by atoms with Crippen LogP contribution in [0.4, 0.5) is 0 Å². The Balaban J connectivity index is 1.48. The summed E-state index contributed by atoms with van der Waals surface area (Å²) in [4.78, 5) is 20.4. The normalized spacial score (nSPS) is 11.9. The molecule has 0 spiro atoms. The molecule has 0 saturated heterocycles. The Morgan fingerprint density at radius 2 is 2.15 bits per heavy atom. The topological polar surface area (TPSA) is 95.1 Å². The smallest absolute Gasteiger partial charge is 0.227 e. The zero-order chi connectivity index (χ0) is 19.1. The Labute approximate surface area is 157 Å². The molecule has 0 bridgehead atoms. The van der Waals surface area contributed by atoms with E-state index < -0.39 is 0 Å². The van der Waals surface area contributed by atoms with Crippen molar-refractivity contribution >= 4 is 5.91 Å². The summed E-state index contributed by atoms with van der Waals surface area (Å²) in [5.41, 5.74) is 0.840. The van der Waals surface area contributed by atoms with Gasteiger partial charge in [0.25, 0.3) is 0 Å². The van der Waals surface area contributed by atoms with Crippen molar-refractivity contribution in [1.82, 2.24) is 25.0 Å². The second-order valence-corrected chi connectivity index (χ2v) is 6.20. The molecule has 1 N–H and O–H groups in total. The van der Waals surface area contributed by atoms with Gasteiger partial charge >= 0.3 is 0 Å². The van der Waals surface area contributed by atoms with Crippen LogP contribution in [0.2, 0.25) is 0 Å². The van der Waals surface area contributed by atoms with Gasteiger partial charge < -0.3 is 19.1 Å². The highest BCUT2D eigenvalue weighted by atomic mass is 16.5. The first-order valence-electron chi connectivity index (χ1n) is 8.95. The fourth-order valence-electron chi connectivity index (χ4n) is 2.66. The van der Waals surface area contributed by atoms with E-state index in [1.54, 1.807) is 12.5 Å². The molecule has 142 valence electrons. The summed E-state index contributed by atoms with van der Waals surface area (Å²) in [6.45, 7) is 5.19. The van der Waals surface area contributed by atoms with E-state index in [0.717, 1.165) is 11.3 Å². The molecule has 0 aliphatic heterocycles. The molecular weight excluding hydrogens is 346 g/mol. The Bertz CT molecular complexity index is 843. The molecule has 1 unspecified atom stereocenters. The van der Waals surface area contributed by atoms with Gasteiger partial charge in [-0.15, -0.1) is 0 Å². The van der Waals surface area contributed by atoms with Gasteiger partial charge in [-0.2, -0.15) is 4.98 Å². The molecule has 0 saturated carbocycles. The highest BCUT2D eigenvalue weighted by molar-refractivity contribution is 5.76. The largest absolute Gasteiger partial charge is 0.494 e. The molecular formula is C19H23N5O3. The van der Waals surface area contributed by atoms with Crippen LogP contribution in [0.5, 0.6) is 5.75 Å². The Morgan fingerprint density at radius 3 is 2.85 bits per heavy atom. The number of hydrogen-bond acceptors (Lipinski definition) is 6. The lowest BCUT2D eigenvalue weighted by Crippen LogP contribution is -2.35. The Kier molecular flexibility index (Phi) is 6.19. The van der Waals surface area contributed by atoms with Crippen molar-refractivity contribution in [3.63, 3.8) is 0 Å². The van der Waals surface area contributed by atoms with Crippen LogP contribution in [0.1, 0.15) is 26.2 Å². The van der Waals surface area contributed by atoms with Crippen molar-refractivity contribution < 1.29 is 14.1 Å². The van der Waals surface area contributed by atoms with Gasteiger partial charge in [-0.3, -0.25) is 4.79 Å². The zero-order valence-corrected chi connectivity index (χ0v) is 15.5. The summed E-state index contributed by atoms with van der Waals surface area (Å²) in [6, 6.07) is 7.50. The molecule has 3 rings (SSSR count). The van der Waals surface area contributed by atoms with Crippen LogP contribution in [-0.2, 0) is 17.8 Å². The minimum atomic E-state index is -0.0524. The zero-order valence-electron chi connectivity index (χ0n) is 15.5. The van der Waals surface area contributed by atoms with Gasteiger partial charge in [-0.1, -0.05) is 5.16 Å². The number of ether oxygens (including phenoxy) is 1. The number of carbonyl (C=O) groups is 1. The van der Waals surface area contributed by atoms with Crippen molar-refractivity contribution in [2.45, 2.75) is 39.3 Å². The predicted molar refractivity (Wildman–Crippen MR) is 99.1 cm³/mol. The van der Waals surface area contributed by atoms with Crippen LogP contribution >= 0.6 is 0 Å². The van der Waals surface area contributed by atoms with Crippen LogP contribution in [0.25, 0.3) is 11.4 Å². The first kappa shape index (κ1) is 18.6. The summed E-state index contributed by atoms with van der Waals surface area (Å²) in [5.74, 6) is 1.69. The summed E-state index contributed by atoms with van der Waals surface area (Å²) < 4.78 is 12.6. The number of hydrogen-bond donors (Lipinski definition) is 1. The van der Waals surface area contributed by atoms with Crippen molar-refractivity contribution in [2.75, 3.05) is 6.61 Å². The van der Waals surface area contributed by atoms with Crippen molar-refractivity contribution in [2.24, 2.45) is 0 Å².